The van der Waals surface area contributed by atoms with E-state index in [1.54, 1.807) is 0 Å². The topological polar surface area (TPSA) is 55.1 Å². The van der Waals surface area contributed by atoms with Gasteiger partial charge in [-0.25, -0.2) is 0 Å². The summed E-state index contributed by atoms with van der Waals surface area (Å²) in [6.45, 7) is 1.23. The van der Waals surface area contributed by atoms with Gasteiger partial charge in [-0.3, -0.25) is 4.79 Å². The van der Waals surface area contributed by atoms with Crippen LogP contribution in [0.5, 0.6) is 0 Å². The fourth-order valence-corrected chi connectivity index (χ4v) is 2.70. The number of nitrogens with one attached hydrogen (secondary N) is 1. The second kappa shape index (κ2) is 8.49. The maximum atomic E-state index is 12.7. The molecule has 1 aliphatic carbocycles. The lowest BCUT2D eigenvalue weighted by Gasteiger charge is -2.29. The molecule has 1 rings (SSSR count). The molecular weight excluding hydrogens is 269 g/mol. The number of alkyl halides is 3. The molecule has 20 heavy (non-hydrogen) atoms. The van der Waals surface area contributed by atoms with E-state index < -0.39 is 18.0 Å². The van der Waals surface area contributed by atoms with Crippen molar-refractivity contribution in [2.24, 2.45) is 17.6 Å². The molecule has 3 N–H and O–H groups in total. The van der Waals surface area contributed by atoms with Crippen LogP contribution in [0.25, 0.3) is 0 Å². The van der Waals surface area contributed by atoms with Crippen molar-refractivity contribution in [1.29, 1.82) is 0 Å². The van der Waals surface area contributed by atoms with Gasteiger partial charge in [-0.2, -0.15) is 13.2 Å². The zero-order chi connectivity index (χ0) is 15.0. The summed E-state index contributed by atoms with van der Waals surface area (Å²) in [7, 11) is 0. The van der Waals surface area contributed by atoms with E-state index >= 15 is 0 Å². The number of halogens is 3. The van der Waals surface area contributed by atoms with Gasteiger partial charge in [-0.15, -0.1) is 0 Å². The van der Waals surface area contributed by atoms with E-state index in [9.17, 15) is 18.0 Å². The predicted molar refractivity (Wildman–Crippen MR) is 72.0 cm³/mol. The largest absolute Gasteiger partial charge is 0.391 e. The Morgan fingerprint density at radius 3 is 2.50 bits per heavy atom. The van der Waals surface area contributed by atoms with Crippen LogP contribution >= 0.6 is 0 Å². The normalized spacial score (nSPS) is 23.6. The lowest BCUT2D eigenvalue weighted by atomic mass is 9.80. The number of rotatable bonds is 7. The summed E-state index contributed by atoms with van der Waals surface area (Å²) >= 11 is 0. The number of amides is 1. The standard InChI is InChI=1S/C14H25F3N2O/c15-14(16,17)12-7-5-6-11(10-12)13(20)19-9-4-2-1-3-8-18/h11-12H,1-10,18H2,(H,19,20). The van der Waals surface area contributed by atoms with Crippen molar-refractivity contribution >= 4 is 5.91 Å². The van der Waals surface area contributed by atoms with Gasteiger partial charge in [0.2, 0.25) is 5.91 Å². The minimum absolute atomic E-state index is 0.0531. The second-order valence-electron chi connectivity index (χ2n) is 5.60. The third kappa shape index (κ3) is 6.11. The first-order valence-electron chi connectivity index (χ1n) is 7.49. The highest BCUT2D eigenvalue weighted by molar-refractivity contribution is 5.78. The maximum Gasteiger partial charge on any atom is 0.391 e. The number of hydrogen-bond acceptors (Lipinski definition) is 2. The van der Waals surface area contributed by atoms with Gasteiger partial charge in [-0.05, 0) is 38.6 Å². The van der Waals surface area contributed by atoms with E-state index in [1.807, 2.05) is 0 Å². The Bertz CT molecular complexity index is 295. The van der Waals surface area contributed by atoms with Crippen LogP contribution in [0.4, 0.5) is 13.2 Å². The van der Waals surface area contributed by atoms with E-state index in [1.165, 1.54) is 0 Å². The molecule has 0 aliphatic heterocycles. The first-order chi connectivity index (χ1) is 9.45. The van der Waals surface area contributed by atoms with Crippen LogP contribution in [0.3, 0.4) is 0 Å². The van der Waals surface area contributed by atoms with Gasteiger partial charge in [0.25, 0.3) is 0 Å². The molecule has 2 atom stereocenters. The van der Waals surface area contributed by atoms with Gasteiger partial charge in [0.1, 0.15) is 0 Å². The average Bonchev–Trinajstić information content (AvgIpc) is 2.41. The molecular formula is C14H25F3N2O. The highest BCUT2D eigenvalue weighted by Crippen LogP contribution is 2.39. The van der Waals surface area contributed by atoms with Crippen molar-refractivity contribution < 1.29 is 18.0 Å². The highest BCUT2D eigenvalue weighted by atomic mass is 19.4. The number of carbonyl (C=O) groups excluding carboxylic acids is 1. The Balaban J connectivity index is 2.22. The molecule has 0 aromatic carbocycles. The second-order valence-corrected chi connectivity index (χ2v) is 5.60. The summed E-state index contributed by atoms with van der Waals surface area (Å²) in [5.41, 5.74) is 5.38. The highest BCUT2D eigenvalue weighted by Gasteiger charge is 2.43. The molecule has 1 saturated carbocycles. The zero-order valence-corrected chi connectivity index (χ0v) is 11.8. The summed E-state index contributed by atoms with van der Waals surface area (Å²) in [5, 5.41) is 2.76. The van der Waals surface area contributed by atoms with Gasteiger partial charge in [0, 0.05) is 12.5 Å². The molecule has 1 aliphatic rings. The van der Waals surface area contributed by atoms with Gasteiger partial charge in [0.05, 0.1) is 5.92 Å². The number of carbonyl (C=O) groups is 1. The van der Waals surface area contributed by atoms with Crippen LogP contribution < -0.4 is 11.1 Å². The number of unbranched alkanes of at least 4 members (excludes halogenated alkanes) is 3. The maximum absolute atomic E-state index is 12.7. The Morgan fingerprint density at radius 2 is 1.85 bits per heavy atom. The quantitative estimate of drug-likeness (QED) is 0.709. The Morgan fingerprint density at radius 1 is 1.15 bits per heavy atom. The van der Waals surface area contributed by atoms with E-state index in [-0.39, 0.29) is 18.7 Å². The molecule has 0 saturated heterocycles. The molecule has 0 spiro atoms. The molecule has 0 aromatic rings. The summed E-state index contributed by atoms with van der Waals surface area (Å²) < 4.78 is 38.0. The molecule has 0 radical (unpaired) electrons. The molecule has 0 aromatic heterocycles. The van der Waals surface area contributed by atoms with Crippen molar-refractivity contribution in [3.63, 3.8) is 0 Å². The van der Waals surface area contributed by atoms with Crippen molar-refractivity contribution in [1.82, 2.24) is 5.32 Å². The fourth-order valence-electron chi connectivity index (χ4n) is 2.70. The Kier molecular flexibility index (Phi) is 7.34. The molecule has 6 heteroatoms. The lowest BCUT2D eigenvalue weighted by molar-refractivity contribution is -0.186. The van der Waals surface area contributed by atoms with Crippen LogP contribution in [0.15, 0.2) is 0 Å². The molecule has 1 amide bonds. The van der Waals surface area contributed by atoms with Crippen LogP contribution in [0.2, 0.25) is 0 Å². The van der Waals surface area contributed by atoms with Crippen LogP contribution in [-0.2, 0) is 4.79 Å². The Hall–Kier alpha value is -0.780. The van der Waals surface area contributed by atoms with Crippen LogP contribution in [0, 0.1) is 11.8 Å². The average molecular weight is 294 g/mol. The number of nitrogens with two attached hydrogens (primary N) is 1. The first kappa shape index (κ1) is 17.3. The van der Waals surface area contributed by atoms with Gasteiger partial charge in [0.15, 0.2) is 0 Å². The minimum atomic E-state index is -4.17. The first-order valence-corrected chi connectivity index (χ1v) is 7.49. The smallest absolute Gasteiger partial charge is 0.356 e. The van der Waals surface area contributed by atoms with E-state index in [2.05, 4.69) is 5.32 Å². The molecule has 3 nitrogen and oxygen atoms in total. The third-order valence-electron chi connectivity index (χ3n) is 3.94. The third-order valence-corrected chi connectivity index (χ3v) is 3.94. The van der Waals surface area contributed by atoms with Gasteiger partial charge >= 0.3 is 6.18 Å². The fraction of sp³-hybridized carbons (Fsp3) is 0.929. The Labute approximate surface area is 118 Å². The summed E-state index contributed by atoms with van der Waals surface area (Å²) in [5.74, 6) is -1.99. The molecule has 0 heterocycles. The van der Waals surface area contributed by atoms with Crippen LogP contribution in [0.1, 0.15) is 51.4 Å². The monoisotopic (exact) mass is 294 g/mol. The molecule has 1 fully saturated rings. The predicted octanol–water partition coefficient (Wildman–Crippen LogP) is 2.99. The number of hydrogen-bond donors (Lipinski definition) is 2. The van der Waals surface area contributed by atoms with Gasteiger partial charge < -0.3 is 11.1 Å². The summed E-state index contributed by atoms with van der Waals surface area (Å²) in [6.07, 6.45) is 0.866. The van der Waals surface area contributed by atoms with Crippen LogP contribution in [-0.4, -0.2) is 25.2 Å². The van der Waals surface area contributed by atoms with E-state index in [0.29, 0.717) is 25.9 Å². The van der Waals surface area contributed by atoms with Crippen molar-refractivity contribution in [2.45, 2.75) is 57.5 Å². The SMILES string of the molecule is NCCCCCCNC(=O)C1CCCC(C(F)(F)F)C1. The summed E-state index contributed by atoms with van der Waals surface area (Å²) in [4.78, 5) is 11.9. The van der Waals surface area contributed by atoms with E-state index in [0.717, 1.165) is 25.7 Å². The van der Waals surface area contributed by atoms with Crippen molar-refractivity contribution in [3.05, 3.63) is 0 Å². The minimum Gasteiger partial charge on any atom is -0.356 e. The molecule has 118 valence electrons. The van der Waals surface area contributed by atoms with Crippen molar-refractivity contribution in [3.8, 4) is 0 Å². The summed E-state index contributed by atoms with van der Waals surface area (Å²) in [6, 6.07) is 0. The lowest BCUT2D eigenvalue weighted by Crippen LogP contribution is -2.37. The zero-order valence-electron chi connectivity index (χ0n) is 11.8. The van der Waals surface area contributed by atoms with Gasteiger partial charge in [-0.1, -0.05) is 19.3 Å². The molecule has 0 bridgehead atoms. The van der Waals surface area contributed by atoms with E-state index in [4.69, 9.17) is 5.73 Å². The molecule has 2 unspecified atom stereocenters. The van der Waals surface area contributed by atoms with Crippen molar-refractivity contribution in [2.75, 3.05) is 13.1 Å².